The molecule has 0 aliphatic carbocycles. The van der Waals surface area contributed by atoms with Crippen LogP contribution >= 0.6 is 11.8 Å². The molecule has 3 amide bonds. The standard InChI is InChI=1S/C35H35N3O5S/c1-22-12-9-13-23(2)31(22)38-33(39)24(3)44-28-18-11-17-27(21-28)36-35(41)29(37-34(40)25-14-7-6-8-15-25)20-26-16-10-19-30(42-4)32(26)43-5/h6-21,24H,1-5H3,(H,36,41)(H,37,40)(H,38,39)/b29-20+. The zero-order chi connectivity index (χ0) is 31.6. The smallest absolute Gasteiger partial charge is 0.272 e. The summed E-state index contributed by atoms with van der Waals surface area (Å²) >= 11 is 1.37. The number of aryl methyl sites for hydroxylation is 2. The maximum absolute atomic E-state index is 13.6. The quantitative estimate of drug-likeness (QED) is 0.127. The average Bonchev–Trinajstić information content (AvgIpc) is 3.02. The van der Waals surface area contributed by atoms with Crippen LogP contribution in [0, 0.1) is 13.8 Å². The van der Waals surface area contributed by atoms with E-state index in [1.807, 2.05) is 45.0 Å². The van der Waals surface area contributed by atoms with E-state index in [9.17, 15) is 14.4 Å². The lowest BCUT2D eigenvalue weighted by Crippen LogP contribution is -2.30. The van der Waals surface area contributed by atoms with Crippen molar-refractivity contribution in [2.75, 3.05) is 24.9 Å². The Kier molecular flexibility index (Phi) is 10.8. The monoisotopic (exact) mass is 609 g/mol. The van der Waals surface area contributed by atoms with Crippen LogP contribution in [-0.4, -0.2) is 37.2 Å². The number of carbonyl (C=O) groups excluding carboxylic acids is 3. The molecule has 0 spiro atoms. The predicted octanol–water partition coefficient (Wildman–Crippen LogP) is 6.85. The van der Waals surface area contributed by atoms with Crippen molar-refractivity contribution in [3.63, 3.8) is 0 Å². The Hall–Kier alpha value is -5.02. The van der Waals surface area contributed by atoms with Crippen LogP contribution in [-0.2, 0) is 9.59 Å². The van der Waals surface area contributed by atoms with Gasteiger partial charge in [0.05, 0.1) is 19.5 Å². The lowest BCUT2D eigenvalue weighted by molar-refractivity contribution is -0.115. The molecule has 4 aromatic rings. The van der Waals surface area contributed by atoms with E-state index in [-0.39, 0.29) is 11.6 Å². The molecule has 9 heteroatoms. The summed E-state index contributed by atoms with van der Waals surface area (Å²) in [6.45, 7) is 5.75. The highest BCUT2D eigenvalue weighted by molar-refractivity contribution is 8.00. The molecule has 0 saturated carbocycles. The van der Waals surface area contributed by atoms with E-state index in [4.69, 9.17) is 9.47 Å². The maximum atomic E-state index is 13.6. The van der Waals surface area contributed by atoms with Gasteiger partial charge in [0.2, 0.25) is 5.91 Å². The normalized spacial score (nSPS) is 11.7. The number of hydrogen-bond donors (Lipinski definition) is 3. The molecule has 0 radical (unpaired) electrons. The van der Waals surface area contributed by atoms with Crippen LogP contribution in [0.1, 0.15) is 34.0 Å². The Labute approximate surface area is 261 Å². The molecule has 4 rings (SSSR count). The molecule has 1 unspecified atom stereocenters. The van der Waals surface area contributed by atoms with Gasteiger partial charge in [-0.15, -0.1) is 11.8 Å². The molecule has 4 aromatic carbocycles. The third-order valence-electron chi connectivity index (χ3n) is 6.77. The van der Waals surface area contributed by atoms with Crippen molar-refractivity contribution in [3.05, 3.63) is 119 Å². The van der Waals surface area contributed by atoms with Gasteiger partial charge in [0, 0.05) is 27.4 Å². The molecule has 0 heterocycles. The summed E-state index contributed by atoms with van der Waals surface area (Å²) in [6, 6.07) is 27.0. The van der Waals surface area contributed by atoms with Crippen LogP contribution in [0.4, 0.5) is 11.4 Å². The molecule has 44 heavy (non-hydrogen) atoms. The van der Waals surface area contributed by atoms with Crippen molar-refractivity contribution in [3.8, 4) is 11.5 Å². The summed E-state index contributed by atoms with van der Waals surface area (Å²) in [7, 11) is 3.03. The second-order valence-electron chi connectivity index (χ2n) is 9.96. The minimum atomic E-state index is -0.540. The fraction of sp³-hybridized carbons (Fsp3) is 0.171. The highest BCUT2D eigenvalue weighted by atomic mass is 32.2. The topological polar surface area (TPSA) is 106 Å². The molecule has 0 aliphatic rings. The molecule has 0 aromatic heterocycles. The average molecular weight is 610 g/mol. The van der Waals surface area contributed by atoms with Gasteiger partial charge in [0.1, 0.15) is 5.70 Å². The molecule has 0 bridgehead atoms. The number of ether oxygens (including phenoxy) is 2. The first-order chi connectivity index (χ1) is 21.2. The van der Waals surface area contributed by atoms with Gasteiger partial charge in [-0.2, -0.15) is 0 Å². The highest BCUT2D eigenvalue weighted by Crippen LogP contribution is 2.32. The Morgan fingerprint density at radius 2 is 1.48 bits per heavy atom. The van der Waals surface area contributed by atoms with Crippen molar-refractivity contribution < 1.29 is 23.9 Å². The van der Waals surface area contributed by atoms with Crippen LogP contribution in [0.15, 0.2) is 102 Å². The Morgan fingerprint density at radius 3 is 2.16 bits per heavy atom. The number of methoxy groups -OCH3 is 2. The third kappa shape index (κ3) is 8.08. The first-order valence-electron chi connectivity index (χ1n) is 13.9. The van der Waals surface area contributed by atoms with Crippen molar-refractivity contribution in [2.24, 2.45) is 0 Å². The lowest BCUT2D eigenvalue weighted by Gasteiger charge is -2.16. The third-order valence-corrected chi connectivity index (χ3v) is 7.86. The van der Waals surface area contributed by atoms with Gasteiger partial charge >= 0.3 is 0 Å². The molecule has 1 atom stereocenters. The van der Waals surface area contributed by atoms with Gasteiger partial charge in [0.25, 0.3) is 11.8 Å². The van der Waals surface area contributed by atoms with E-state index in [1.165, 1.54) is 32.1 Å². The molecule has 226 valence electrons. The number of rotatable bonds is 11. The maximum Gasteiger partial charge on any atom is 0.272 e. The first-order valence-corrected chi connectivity index (χ1v) is 14.8. The molecular formula is C35H35N3O5S. The van der Waals surface area contributed by atoms with E-state index >= 15 is 0 Å². The number of thioether (sulfide) groups is 1. The Morgan fingerprint density at radius 1 is 0.795 bits per heavy atom. The van der Waals surface area contributed by atoms with Gasteiger partial charge < -0.3 is 25.4 Å². The molecule has 0 aliphatic heterocycles. The number of anilines is 2. The number of amides is 3. The van der Waals surface area contributed by atoms with E-state index in [1.54, 1.807) is 66.7 Å². The number of nitrogens with one attached hydrogen (secondary N) is 3. The second kappa shape index (κ2) is 14.9. The van der Waals surface area contributed by atoms with Gasteiger partial charge in [-0.1, -0.05) is 54.6 Å². The summed E-state index contributed by atoms with van der Waals surface area (Å²) in [5.74, 6) is -0.205. The molecular weight excluding hydrogens is 574 g/mol. The van der Waals surface area contributed by atoms with Crippen LogP contribution in [0.2, 0.25) is 0 Å². The van der Waals surface area contributed by atoms with Crippen LogP contribution in [0.3, 0.4) is 0 Å². The summed E-state index contributed by atoms with van der Waals surface area (Å²) in [4.78, 5) is 40.5. The zero-order valence-electron chi connectivity index (χ0n) is 25.3. The zero-order valence-corrected chi connectivity index (χ0v) is 26.1. The minimum Gasteiger partial charge on any atom is -0.493 e. The van der Waals surface area contributed by atoms with Crippen molar-refractivity contribution in [1.82, 2.24) is 5.32 Å². The fourth-order valence-corrected chi connectivity index (χ4v) is 5.39. The molecule has 0 saturated heterocycles. The largest absolute Gasteiger partial charge is 0.493 e. The summed E-state index contributed by atoms with van der Waals surface area (Å²) in [5, 5.41) is 8.25. The number of hydrogen-bond acceptors (Lipinski definition) is 6. The molecule has 8 nitrogen and oxygen atoms in total. The van der Waals surface area contributed by atoms with Crippen LogP contribution in [0.25, 0.3) is 6.08 Å². The van der Waals surface area contributed by atoms with Crippen LogP contribution < -0.4 is 25.4 Å². The summed E-state index contributed by atoms with van der Waals surface area (Å²) in [5.41, 5.74) is 4.25. The lowest BCUT2D eigenvalue weighted by atomic mass is 10.1. The van der Waals surface area contributed by atoms with E-state index in [2.05, 4.69) is 16.0 Å². The second-order valence-corrected chi connectivity index (χ2v) is 11.4. The summed E-state index contributed by atoms with van der Waals surface area (Å²) in [6.07, 6.45) is 1.54. The van der Waals surface area contributed by atoms with E-state index in [0.717, 1.165) is 21.7 Å². The van der Waals surface area contributed by atoms with Gasteiger partial charge in [-0.05, 0) is 74.4 Å². The van der Waals surface area contributed by atoms with Gasteiger partial charge in [0.15, 0.2) is 11.5 Å². The SMILES string of the molecule is COc1cccc(/C=C(/NC(=O)c2ccccc2)C(=O)Nc2cccc(SC(C)C(=O)Nc3c(C)cccc3C)c2)c1OC. The minimum absolute atomic E-state index is 0.00445. The van der Waals surface area contributed by atoms with Crippen molar-refractivity contribution in [2.45, 2.75) is 30.9 Å². The van der Waals surface area contributed by atoms with Crippen molar-refractivity contribution >= 4 is 46.9 Å². The van der Waals surface area contributed by atoms with E-state index < -0.39 is 17.1 Å². The summed E-state index contributed by atoms with van der Waals surface area (Å²) < 4.78 is 10.9. The first kappa shape index (κ1) is 31.9. The van der Waals surface area contributed by atoms with Crippen molar-refractivity contribution in [1.29, 1.82) is 0 Å². The number of para-hydroxylation sites is 2. The van der Waals surface area contributed by atoms with Gasteiger partial charge in [-0.25, -0.2) is 0 Å². The highest BCUT2D eigenvalue weighted by Gasteiger charge is 2.19. The Balaban J connectivity index is 1.55. The number of carbonyl (C=O) groups is 3. The molecule has 0 fully saturated rings. The van der Waals surface area contributed by atoms with E-state index in [0.29, 0.717) is 28.3 Å². The molecule has 3 N–H and O–H groups in total. The fourth-order valence-electron chi connectivity index (χ4n) is 4.46. The van der Waals surface area contributed by atoms with Gasteiger partial charge in [-0.3, -0.25) is 14.4 Å². The Bertz CT molecular complexity index is 1670. The van der Waals surface area contributed by atoms with Crippen LogP contribution in [0.5, 0.6) is 11.5 Å². The predicted molar refractivity (Wildman–Crippen MR) is 176 cm³/mol. The number of benzene rings is 4.